The summed E-state index contributed by atoms with van der Waals surface area (Å²) in [5.74, 6) is 0.470. The van der Waals surface area contributed by atoms with Crippen LogP contribution in [0, 0.1) is 0 Å². The molecule has 0 unspecified atom stereocenters. The van der Waals surface area contributed by atoms with Gasteiger partial charge in [-0.2, -0.15) is 0 Å². The smallest absolute Gasteiger partial charge is 0.262 e. The summed E-state index contributed by atoms with van der Waals surface area (Å²) >= 11 is 11.8. The van der Waals surface area contributed by atoms with E-state index in [2.05, 4.69) is 20.3 Å². The van der Waals surface area contributed by atoms with Gasteiger partial charge in [0.15, 0.2) is 6.61 Å². The van der Waals surface area contributed by atoms with Gasteiger partial charge in [-0.1, -0.05) is 23.2 Å². The summed E-state index contributed by atoms with van der Waals surface area (Å²) in [5, 5.41) is 3.46. The highest BCUT2D eigenvalue weighted by Gasteiger charge is 2.08. The minimum Gasteiger partial charge on any atom is -0.482 e. The van der Waals surface area contributed by atoms with Gasteiger partial charge in [-0.3, -0.25) is 9.36 Å². The summed E-state index contributed by atoms with van der Waals surface area (Å²) < 4.78 is 7.00. The molecule has 0 fully saturated rings. The predicted octanol–water partition coefficient (Wildman–Crippen LogP) is 2.99. The number of carbonyl (C=O) groups excluding carboxylic acids is 1. The second-order valence-electron chi connectivity index (χ2n) is 4.65. The van der Waals surface area contributed by atoms with Crippen LogP contribution < -0.4 is 10.1 Å². The Kier molecular flexibility index (Phi) is 4.93. The Morgan fingerprint density at radius 2 is 2.04 bits per heavy atom. The van der Waals surface area contributed by atoms with Crippen LogP contribution in [0.5, 0.6) is 5.75 Å². The Morgan fingerprint density at radius 3 is 2.71 bits per heavy atom. The molecule has 0 spiro atoms. The molecule has 2 aromatic heterocycles. The first-order valence-corrected chi connectivity index (χ1v) is 7.55. The number of benzene rings is 1. The van der Waals surface area contributed by atoms with Crippen LogP contribution in [0.4, 0.5) is 5.69 Å². The minimum absolute atomic E-state index is 0.204. The van der Waals surface area contributed by atoms with Crippen LogP contribution in [0.3, 0.4) is 0 Å². The van der Waals surface area contributed by atoms with E-state index in [4.69, 9.17) is 27.9 Å². The van der Waals surface area contributed by atoms with Crippen molar-refractivity contribution in [2.75, 3.05) is 11.9 Å². The number of anilines is 1. The number of hydrogen-bond acceptors (Lipinski definition) is 5. The van der Waals surface area contributed by atoms with Crippen LogP contribution in [0.15, 0.2) is 49.3 Å². The number of nitrogens with one attached hydrogen (secondary N) is 1. The minimum atomic E-state index is -0.361. The highest BCUT2D eigenvalue weighted by molar-refractivity contribution is 6.35. The molecule has 1 N–H and O–H groups in total. The number of ether oxygens (including phenoxy) is 1. The van der Waals surface area contributed by atoms with Crippen molar-refractivity contribution in [2.45, 2.75) is 0 Å². The SMILES string of the molecule is O=C(COc1ccc(Cl)cc1Cl)Nc1cnc(-n2ccnc2)nc1. The van der Waals surface area contributed by atoms with Gasteiger partial charge in [0.1, 0.15) is 12.1 Å². The van der Waals surface area contributed by atoms with E-state index in [1.807, 2.05) is 0 Å². The number of carbonyl (C=O) groups is 1. The summed E-state index contributed by atoms with van der Waals surface area (Å²) in [4.78, 5) is 24.1. The van der Waals surface area contributed by atoms with Crippen LogP contribution in [0.1, 0.15) is 0 Å². The standard InChI is InChI=1S/C15H11Cl2N5O2/c16-10-1-2-13(12(17)5-10)24-8-14(23)21-11-6-19-15(20-7-11)22-4-3-18-9-22/h1-7,9H,8H2,(H,21,23). The van der Waals surface area contributed by atoms with E-state index in [1.165, 1.54) is 12.4 Å². The Balaban J connectivity index is 1.56. The Morgan fingerprint density at radius 1 is 1.25 bits per heavy atom. The van der Waals surface area contributed by atoms with Gasteiger partial charge < -0.3 is 10.1 Å². The quantitative estimate of drug-likeness (QED) is 0.753. The van der Waals surface area contributed by atoms with Crippen LogP contribution in [0.2, 0.25) is 10.0 Å². The van der Waals surface area contributed by atoms with Gasteiger partial charge in [-0.25, -0.2) is 15.0 Å². The van der Waals surface area contributed by atoms with E-state index >= 15 is 0 Å². The fourth-order valence-electron chi connectivity index (χ4n) is 1.83. The van der Waals surface area contributed by atoms with Crippen molar-refractivity contribution >= 4 is 34.8 Å². The van der Waals surface area contributed by atoms with E-state index < -0.39 is 0 Å². The highest BCUT2D eigenvalue weighted by atomic mass is 35.5. The fourth-order valence-corrected chi connectivity index (χ4v) is 2.29. The van der Waals surface area contributed by atoms with Crippen molar-refractivity contribution in [1.82, 2.24) is 19.5 Å². The van der Waals surface area contributed by atoms with Crippen molar-refractivity contribution in [1.29, 1.82) is 0 Å². The van der Waals surface area contributed by atoms with Crippen molar-refractivity contribution in [3.05, 3.63) is 59.4 Å². The average molecular weight is 364 g/mol. The molecular weight excluding hydrogens is 353 g/mol. The average Bonchev–Trinajstić information content (AvgIpc) is 3.09. The summed E-state index contributed by atoms with van der Waals surface area (Å²) in [5.41, 5.74) is 0.453. The van der Waals surface area contributed by atoms with Crippen molar-refractivity contribution < 1.29 is 9.53 Å². The van der Waals surface area contributed by atoms with Gasteiger partial charge in [0.05, 0.1) is 23.1 Å². The van der Waals surface area contributed by atoms with E-state index in [1.54, 1.807) is 41.5 Å². The van der Waals surface area contributed by atoms with Gasteiger partial charge in [0.25, 0.3) is 5.91 Å². The molecule has 2 heterocycles. The molecular formula is C15H11Cl2N5O2. The molecule has 0 aliphatic rings. The number of halogens is 2. The lowest BCUT2D eigenvalue weighted by Crippen LogP contribution is -2.20. The number of hydrogen-bond donors (Lipinski definition) is 1. The third-order valence-electron chi connectivity index (χ3n) is 2.91. The predicted molar refractivity (Wildman–Crippen MR) is 89.7 cm³/mol. The van der Waals surface area contributed by atoms with E-state index in [0.29, 0.717) is 27.4 Å². The normalized spacial score (nSPS) is 10.4. The molecule has 0 saturated heterocycles. The van der Waals surface area contributed by atoms with Crippen molar-refractivity contribution in [3.8, 4) is 11.7 Å². The number of imidazole rings is 1. The maximum absolute atomic E-state index is 11.9. The van der Waals surface area contributed by atoms with Crippen LogP contribution >= 0.6 is 23.2 Å². The van der Waals surface area contributed by atoms with Crippen molar-refractivity contribution in [3.63, 3.8) is 0 Å². The van der Waals surface area contributed by atoms with Gasteiger partial charge in [0, 0.05) is 17.4 Å². The van der Waals surface area contributed by atoms with E-state index in [9.17, 15) is 4.79 Å². The summed E-state index contributed by atoms with van der Waals surface area (Å²) in [6.07, 6.45) is 7.91. The zero-order valence-corrected chi connectivity index (χ0v) is 13.7. The monoisotopic (exact) mass is 363 g/mol. The molecule has 0 bridgehead atoms. The number of nitrogens with zero attached hydrogens (tertiary/aromatic N) is 4. The van der Waals surface area contributed by atoms with Gasteiger partial charge in [-0.15, -0.1) is 0 Å². The highest BCUT2D eigenvalue weighted by Crippen LogP contribution is 2.27. The summed E-state index contributed by atoms with van der Waals surface area (Å²) in [7, 11) is 0. The Hall–Kier alpha value is -2.64. The second kappa shape index (κ2) is 7.29. The van der Waals surface area contributed by atoms with Crippen LogP contribution in [-0.4, -0.2) is 32.0 Å². The van der Waals surface area contributed by atoms with E-state index in [0.717, 1.165) is 0 Å². The Labute approximate surface area is 147 Å². The molecule has 7 nitrogen and oxygen atoms in total. The molecule has 1 aromatic carbocycles. The van der Waals surface area contributed by atoms with Gasteiger partial charge >= 0.3 is 0 Å². The first-order valence-electron chi connectivity index (χ1n) is 6.80. The molecule has 9 heteroatoms. The number of rotatable bonds is 5. The molecule has 3 aromatic rings. The lowest BCUT2D eigenvalue weighted by atomic mass is 10.3. The van der Waals surface area contributed by atoms with E-state index in [-0.39, 0.29) is 12.5 Å². The zero-order valence-electron chi connectivity index (χ0n) is 12.2. The molecule has 3 rings (SSSR count). The second-order valence-corrected chi connectivity index (χ2v) is 5.50. The molecule has 0 radical (unpaired) electrons. The first-order chi connectivity index (χ1) is 11.6. The molecule has 0 aliphatic heterocycles. The summed E-state index contributed by atoms with van der Waals surface area (Å²) in [6.45, 7) is -0.204. The summed E-state index contributed by atoms with van der Waals surface area (Å²) in [6, 6.07) is 4.77. The molecule has 0 atom stereocenters. The lowest BCUT2D eigenvalue weighted by molar-refractivity contribution is -0.118. The Bertz CT molecular complexity index is 838. The molecule has 24 heavy (non-hydrogen) atoms. The van der Waals surface area contributed by atoms with Gasteiger partial charge in [-0.05, 0) is 18.2 Å². The van der Waals surface area contributed by atoms with Crippen LogP contribution in [-0.2, 0) is 4.79 Å². The molecule has 0 aliphatic carbocycles. The topological polar surface area (TPSA) is 81.9 Å². The molecule has 1 amide bonds. The fraction of sp³-hybridized carbons (Fsp3) is 0.0667. The maximum atomic E-state index is 11.9. The molecule has 122 valence electrons. The third kappa shape index (κ3) is 4.01. The molecule has 0 saturated carbocycles. The third-order valence-corrected chi connectivity index (χ3v) is 3.44. The largest absolute Gasteiger partial charge is 0.482 e. The number of amides is 1. The first kappa shape index (κ1) is 16.2. The zero-order chi connectivity index (χ0) is 16.9. The lowest BCUT2D eigenvalue weighted by Gasteiger charge is -2.09. The van der Waals surface area contributed by atoms with Crippen molar-refractivity contribution in [2.24, 2.45) is 0 Å². The number of aromatic nitrogens is 4. The van der Waals surface area contributed by atoms with Gasteiger partial charge in [0.2, 0.25) is 5.95 Å². The van der Waals surface area contributed by atoms with Crippen LogP contribution in [0.25, 0.3) is 5.95 Å². The maximum Gasteiger partial charge on any atom is 0.262 e.